The van der Waals surface area contributed by atoms with Gasteiger partial charge in [-0.2, -0.15) is 0 Å². The predicted octanol–water partition coefficient (Wildman–Crippen LogP) is 1.54. The number of nitrogens with one attached hydrogen (secondary N) is 2. The van der Waals surface area contributed by atoms with E-state index >= 15 is 0 Å². The maximum atomic E-state index is 12.4. The molecule has 2 aromatic heterocycles. The first-order valence-corrected chi connectivity index (χ1v) is 9.10. The Labute approximate surface area is 153 Å². The minimum absolute atomic E-state index is 0.0496. The number of hydrogen-bond acceptors (Lipinski definition) is 5. The van der Waals surface area contributed by atoms with Gasteiger partial charge in [-0.25, -0.2) is 9.97 Å². The van der Waals surface area contributed by atoms with E-state index in [2.05, 4.69) is 25.2 Å². The van der Waals surface area contributed by atoms with Crippen LogP contribution in [0.1, 0.15) is 44.5 Å². The predicted molar refractivity (Wildman–Crippen MR) is 100 cm³/mol. The molecule has 1 saturated heterocycles. The normalized spacial score (nSPS) is 17.8. The third-order valence-corrected chi connectivity index (χ3v) is 4.61. The Bertz CT molecular complexity index is 815. The standard InChI is InChI=1S/C18H26N6O2/c1-5-15(25)24-7-6-23(10-12(24)4)14-9-20-17-16(22-14)13(8-19-17)18(26)21-11(2)3/h8-9,11-12H,5-7,10H2,1-4H3,(H,19,20)(H,21,26)/t12-/m0/s1. The number of carbonyl (C=O) groups is 2. The highest BCUT2D eigenvalue weighted by molar-refractivity contribution is 6.04. The van der Waals surface area contributed by atoms with Crippen LogP contribution in [0, 0.1) is 0 Å². The van der Waals surface area contributed by atoms with Crippen molar-refractivity contribution in [2.45, 2.75) is 46.2 Å². The van der Waals surface area contributed by atoms with E-state index in [0.29, 0.717) is 42.8 Å². The molecule has 3 rings (SSSR count). The van der Waals surface area contributed by atoms with Crippen molar-refractivity contribution < 1.29 is 9.59 Å². The molecule has 2 N–H and O–H groups in total. The van der Waals surface area contributed by atoms with Gasteiger partial charge in [-0.05, 0) is 20.8 Å². The smallest absolute Gasteiger partial charge is 0.255 e. The molecule has 1 atom stereocenters. The number of piperazine rings is 1. The van der Waals surface area contributed by atoms with E-state index in [0.717, 1.165) is 5.82 Å². The first-order valence-electron chi connectivity index (χ1n) is 9.10. The summed E-state index contributed by atoms with van der Waals surface area (Å²) in [5.74, 6) is 0.743. The van der Waals surface area contributed by atoms with Crippen LogP contribution in [0.3, 0.4) is 0 Å². The number of fused-ring (bicyclic) bond motifs is 1. The van der Waals surface area contributed by atoms with Crippen molar-refractivity contribution in [3.05, 3.63) is 18.0 Å². The fourth-order valence-electron chi connectivity index (χ4n) is 3.29. The van der Waals surface area contributed by atoms with Crippen LogP contribution in [0.4, 0.5) is 5.82 Å². The van der Waals surface area contributed by atoms with E-state index in [-0.39, 0.29) is 23.9 Å². The lowest BCUT2D eigenvalue weighted by Crippen LogP contribution is -2.54. The molecule has 0 saturated carbocycles. The molecule has 2 amide bonds. The Morgan fingerprint density at radius 3 is 2.81 bits per heavy atom. The van der Waals surface area contributed by atoms with Crippen molar-refractivity contribution >= 4 is 28.8 Å². The van der Waals surface area contributed by atoms with Gasteiger partial charge in [0.25, 0.3) is 5.91 Å². The van der Waals surface area contributed by atoms with Crippen LogP contribution in [0.25, 0.3) is 11.2 Å². The van der Waals surface area contributed by atoms with Crippen molar-refractivity contribution in [1.29, 1.82) is 0 Å². The quantitative estimate of drug-likeness (QED) is 0.865. The van der Waals surface area contributed by atoms with Crippen LogP contribution in [0.5, 0.6) is 0 Å². The Morgan fingerprint density at radius 1 is 1.38 bits per heavy atom. The zero-order chi connectivity index (χ0) is 18.8. The number of nitrogens with zero attached hydrogens (tertiary/aromatic N) is 4. The van der Waals surface area contributed by atoms with E-state index in [1.807, 2.05) is 32.6 Å². The fraction of sp³-hybridized carbons (Fsp3) is 0.556. The van der Waals surface area contributed by atoms with Gasteiger partial charge in [0.2, 0.25) is 5.91 Å². The minimum atomic E-state index is -0.163. The second-order valence-corrected chi connectivity index (χ2v) is 6.99. The second-order valence-electron chi connectivity index (χ2n) is 6.99. The average molecular weight is 358 g/mol. The summed E-state index contributed by atoms with van der Waals surface area (Å²) in [5.41, 5.74) is 1.66. The zero-order valence-electron chi connectivity index (χ0n) is 15.7. The fourth-order valence-corrected chi connectivity index (χ4v) is 3.29. The third-order valence-electron chi connectivity index (χ3n) is 4.61. The minimum Gasteiger partial charge on any atom is -0.351 e. The molecule has 140 valence electrons. The number of carbonyl (C=O) groups excluding carboxylic acids is 2. The summed E-state index contributed by atoms with van der Waals surface area (Å²) < 4.78 is 0. The largest absolute Gasteiger partial charge is 0.351 e. The highest BCUT2D eigenvalue weighted by Gasteiger charge is 2.27. The average Bonchev–Trinajstić information content (AvgIpc) is 3.03. The first-order chi connectivity index (χ1) is 12.4. The van der Waals surface area contributed by atoms with Gasteiger partial charge in [-0.3, -0.25) is 9.59 Å². The van der Waals surface area contributed by atoms with Crippen molar-refractivity contribution in [1.82, 2.24) is 25.2 Å². The number of amides is 2. The summed E-state index contributed by atoms with van der Waals surface area (Å²) in [4.78, 5) is 40.5. The molecular formula is C18H26N6O2. The van der Waals surface area contributed by atoms with Gasteiger partial charge in [0.1, 0.15) is 11.3 Å². The number of H-pyrrole nitrogens is 1. The van der Waals surface area contributed by atoms with Crippen molar-refractivity contribution in [2.24, 2.45) is 0 Å². The van der Waals surface area contributed by atoms with Crippen LogP contribution >= 0.6 is 0 Å². The Kier molecular flexibility index (Phi) is 5.11. The summed E-state index contributed by atoms with van der Waals surface area (Å²) in [6.07, 6.45) is 3.88. The highest BCUT2D eigenvalue weighted by Crippen LogP contribution is 2.21. The molecule has 8 nitrogen and oxygen atoms in total. The molecule has 1 aliphatic rings. The molecule has 2 aromatic rings. The van der Waals surface area contributed by atoms with Gasteiger partial charge in [0, 0.05) is 44.3 Å². The van der Waals surface area contributed by atoms with Crippen LogP contribution in [-0.2, 0) is 4.79 Å². The van der Waals surface area contributed by atoms with E-state index in [4.69, 9.17) is 0 Å². The second kappa shape index (κ2) is 7.31. The molecule has 26 heavy (non-hydrogen) atoms. The van der Waals surface area contributed by atoms with E-state index < -0.39 is 0 Å². The maximum Gasteiger partial charge on any atom is 0.255 e. The van der Waals surface area contributed by atoms with Gasteiger partial charge in [-0.1, -0.05) is 6.92 Å². The summed E-state index contributed by atoms with van der Waals surface area (Å²) in [7, 11) is 0. The molecule has 0 bridgehead atoms. The molecule has 0 spiro atoms. The summed E-state index contributed by atoms with van der Waals surface area (Å²) in [6, 6.07) is 0.164. The SMILES string of the molecule is CCC(=O)N1CCN(c2cnc3[nH]cc(C(=O)NC(C)C)c3n2)C[C@@H]1C. The topological polar surface area (TPSA) is 94.2 Å². The third kappa shape index (κ3) is 3.49. The van der Waals surface area contributed by atoms with E-state index in [9.17, 15) is 9.59 Å². The van der Waals surface area contributed by atoms with Crippen LogP contribution in [0.15, 0.2) is 12.4 Å². The summed E-state index contributed by atoms with van der Waals surface area (Å²) >= 11 is 0. The zero-order valence-corrected chi connectivity index (χ0v) is 15.7. The molecule has 1 aliphatic heterocycles. The van der Waals surface area contributed by atoms with Gasteiger partial charge >= 0.3 is 0 Å². The number of aromatic nitrogens is 3. The Balaban J connectivity index is 1.83. The maximum absolute atomic E-state index is 12.4. The van der Waals surface area contributed by atoms with Crippen molar-refractivity contribution in [3.63, 3.8) is 0 Å². The van der Waals surface area contributed by atoms with Gasteiger partial charge in [0.15, 0.2) is 5.65 Å². The van der Waals surface area contributed by atoms with Gasteiger partial charge < -0.3 is 20.1 Å². The van der Waals surface area contributed by atoms with E-state index in [1.54, 1.807) is 12.4 Å². The van der Waals surface area contributed by atoms with Crippen LogP contribution in [0.2, 0.25) is 0 Å². The molecular weight excluding hydrogens is 332 g/mol. The lowest BCUT2D eigenvalue weighted by Gasteiger charge is -2.40. The molecule has 0 aromatic carbocycles. The van der Waals surface area contributed by atoms with Crippen LogP contribution < -0.4 is 10.2 Å². The van der Waals surface area contributed by atoms with Crippen molar-refractivity contribution in [2.75, 3.05) is 24.5 Å². The molecule has 0 unspecified atom stereocenters. The molecule has 0 radical (unpaired) electrons. The Hall–Kier alpha value is -2.64. The molecule has 3 heterocycles. The Morgan fingerprint density at radius 2 is 2.15 bits per heavy atom. The monoisotopic (exact) mass is 358 g/mol. The molecule has 1 fully saturated rings. The molecule has 0 aliphatic carbocycles. The number of aromatic amines is 1. The highest BCUT2D eigenvalue weighted by atomic mass is 16.2. The van der Waals surface area contributed by atoms with Crippen molar-refractivity contribution in [3.8, 4) is 0 Å². The van der Waals surface area contributed by atoms with Gasteiger partial charge in [0.05, 0.1) is 11.8 Å². The number of rotatable bonds is 4. The first kappa shape index (κ1) is 18.2. The van der Waals surface area contributed by atoms with Crippen LogP contribution in [-0.4, -0.2) is 63.4 Å². The van der Waals surface area contributed by atoms with Gasteiger partial charge in [-0.15, -0.1) is 0 Å². The summed E-state index contributed by atoms with van der Waals surface area (Å²) in [6.45, 7) is 9.84. The number of anilines is 1. The lowest BCUT2D eigenvalue weighted by atomic mass is 10.1. The summed E-state index contributed by atoms with van der Waals surface area (Å²) in [5, 5.41) is 2.88. The molecule has 8 heteroatoms. The van der Waals surface area contributed by atoms with E-state index in [1.165, 1.54) is 0 Å². The lowest BCUT2D eigenvalue weighted by molar-refractivity contribution is -0.133. The number of hydrogen-bond donors (Lipinski definition) is 2.